The van der Waals surface area contributed by atoms with E-state index in [0.717, 1.165) is 6.08 Å². The number of nitrogens with one attached hydrogen (secondary N) is 1. The van der Waals surface area contributed by atoms with Gasteiger partial charge in [-0.15, -0.1) is 0 Å². The Morgan fingerprint density at radius 1 is 1.50 bits per heavy atom. The molecular weight excluding hydrogens is 228 g/mol. The van der Waals surface area contributed by atoms with Crippen LogP contribution in [0.5, 0.6) is 0 Å². The summed E-state index contributed by atoms with van der Waals surface area (Å²) in [6.45, 7) is 4.67. The molecule has 1 N–H and O–H groups in total. The van der Waals surface area contributed by atoms with E-state index in [2.05, 4.69) is 6.58 Å². The molecule has 8 heteroatoms. The average Bonchev–Trinajstić information content (AvgIpc) is 1.86. The molecule has 14 heavy (non-hydrogen) atoms. The summed E-state index contributed by atoms with van der Waals surface area (Å²) in [5.74, 6) is -0.975. The van der Waals surface area contributed by atoms with Crippen molar-refractivity contribution in [3.8, 4) is 0 Å². The van der Waals surface area contributed by atoms with Crippen molar-refractivity contribution in [2.45, 2.75) is 13.3 Å². The molecule has 0 bridgehead atoms. The molecule has 0 aromatic heterocycles. The second-order valence-electron chi connectivity index (χ2n) is 1.83. The Kier molecular flexibility index (Phi) is 24.6. The van der Waals surface area contributed by atoms with Crippen LogP contribution in [-0.4, -0.2) is 24.6 Å². The molecule has 0 saturated carbocycles. The van der Waals surface area contributed by atoms with E-state index in [4.69, 9.17) is 5.41 Å². The SMILES string of the molecule is C=CC(=N)[O-].CCCS(=O)(=O)[O-].[Na+].[Na+]. The van der Waals surface area contributed by atoms with Crippen LogP contribution in [0.3, 0.4) is 0 Å². The first kappa shape index (κ1) is 24.4. The van der Waals surface area contributed by atoms with Crippen molar-refractivity contribution < 1.29 is 77.2 Å². The first-order valence-corrected chi connectivity index (χ1v) is 4.72. The minimum Gasteiger partial charge on any atom is -0.859 e. The van der Waals surface area contributed by atoms with E-state index >= 15 is 0 Å². The van der Waals surface area contributed by atoms with Gasteiger partial charge in [-0.3, -0.25) is 0 Å². The quantitative estimate of drug-likeness (QED) is 0.229. The van der Waals surface area contributed by atoms with Crippen molar-refractivity contribution in [3.63, 3.8) is 0 Å². The summed E-state index contributed by atoms with van der Waals surface area (Å²) in [7, 11) is -3.92. The van der Waals surface area contributed by atoms with Crippen LogP contribution in [0.1, 0.15) is 13.3 Å². The molecule has 0 heterocycles. The molecule has 0 aromatic rings. The van der Waals surface area contributed by atoms with E-state index < -0.39 is 16.0 Å². The Balaban J connectivity index is -0.0000000651. The molecule has 0 spiro atoms. The monoisotopic (exact) mass is 239 g/mol. The number of hydrogen-bond acceptors (Lipinski definition) is 5. The zero-order valence-corrected chi connectivity index (χ0v) is 13.6. The van der Waals surface area contributed by atoms with Gasteiger partial charge < -0.3 is 15.1 Å². The molecule has 0 rings (SSSR count). The molecule has 0 aromatic carbocycles. The van der Waals surface area contributed by atoms with Gasteiger partial charge >= 0.3 is 59.1 Å². The Bertz CT molecular complexity index is 240. The van der Waals surface area contributed by atoms with E-state index in [0.29, 0.717) is 6.42 Å². The van der Waals surface area contributed by atoms with Crippen LogP contribution < -0.4 is 64.2 Å². The summed E-state index contributed by atoms with van der Waals surface area (Å²) in [4.78, 5) is 0. The van der Waals surface area contributed by atoms with Crippen molar-refractivity contribution in [1.29, 1.82) is 5.41 Å². The standard InChI is InChI=1S/C3H5NO.C3H8O3S.2Na/c1-2-3(4)5;1-2-3-7(4,5)6;;/h2H,1H2,(H2,4,5);2-3H2,1H3,(H,4,5,6);;/q;;2*+1/p-2. The van der Waals surface area contributed by atoms with Gasteiger partial charge in [0.25, 0.3) is 0 Å². The summed E-state index contributed by atoms with van der Waals surface area (Å²) in [6, 6.07) is 0. The number of hydrogen-bond donors (Lipinski definition) is 1. The zero-order valence-electron chi connectivity index (χ0n) is 8.74. The Hall–Kier alpha value is 1.12. The van der Waals surface area contributed by atoms with Crippen molar-refractivity contribution in [3.05, 3.63) is 12.7 Å². The average molecular weight is 239 g/mol. The molecule has 0 fully saturated rings. The van der Waals surface area contributed by atoms with Crippen LogP contribution in [0.15, 0.2) is 12.7 Å². The van der Waals surface area contributed by atoms with Crippen LogP contribution in [-0.2, 0) is 10.1 Å². The van der Waals surface area contributed by atoms with Crippen molar-refractivity contribution in [2.75, 3.05) is 5.75 Å². The van der Waals surface area contributed by atoms with Gasteiger partial charge in [-0.2, -0.15) is 0 Å². The summed E-state index contributed by atoms with van der Waals surface area (Å²) < 4.78 is 29.0. The minimum atomic E-state index is -3.92. The van der Waals surface area contributed by atoms with Crippen LogP contribution in [0, 0.1) is 5.41 Å². The second kappa shape index (κ2) is 14.1. The summed E-state index contributed by atoms with van der Waals surface area (Å²) >= 11 is 0. The fourth-order valence-electron chi connectivity index (χ4n) is 0.250. The van der Waals surface area contributed by atoms with E-state index in [9.17, 15) is 18.1 Å². The van der Waals surface area contributed by atoms with E-state index in [-0.39, 0.29) is 64.9 Å². The van der Waals surface area contributed by atoms with Gasteiger partial charge in [-0.1, -0.05) is 19.6 Å². The molecule has 0 atom stereocenters. The maximum absolute atomic E-state index is 9.68. The fraction of sp³-hybridized carbons (Fsp3) is 0.500. The van der Waals surface area contributed by atoms with Crippen LogP contribution in [0.4, 0.5) is 0 Å². The summed E-state index contributed by atoms with van der Waals surface area (Å²) in [6.07, 6.45) is 1.35. The topological polar surface area (TPSA) is 104 Å². The van der Waals surface area contributed by atoms with Crippen molar-refractivity contribution in [1.82, 2.24) is 0 Å². The third-order valence-corrected chi connectivity index (χ3v) is 1.55. The summed E-state index contributed by atoms with van der Waals surface area (Å²) in [5.41, 5.74) is 0. The fourth-order valence-corrected chi connectivity index (χ4v) is 0.750. The van der Waals surface area contributed by atoms with Gasteiger partial charge in [0.05, 0.1) is 10.1 Å². The molecule has 5 nitrogen and oxygen atoms in total. The van der Waals surface area contributed by atoms with Gasteiger partial charge in [-0.25, -0.2) is 8.42 Å². The Labute approximate surface area is 129 Å². The Morgan fingerprint density at radius 3 is 1.79 bits per heavy atom. The van der Waals surface area contributed by atoms with Gasteiger partial charge in [0, 0.05) is 5.75 Å². The van der Waals surface area contributed by atoms with Crippen LogP contribution in [0.2, 0.25) is 0 Å². The van der Waals surface area contributed by atoms with Gasteiger partial charge in [0.1, 0.15) is 0 Å². The van der Waals surface area contributed by atoms with Crippen LogP contribution in [0.25, 0.3) is 0 Å². The Morgan fingerprint density at radius 2 is 1.79 bits per heavy atom. The molecule has 0 radical (unpaired) electrons. The molecule has 0 aliphatic rings. The normalized spacial score (nSPS) is 8.14. The maximum atomic E-state index is 9.68. The van der Waals surface area contributed by atoms with Crippen molar-refractivity contribution in [2.24, 2.45) is 0 Å². The minimum absolute atomic E-state index is 0. The molecule has 0 unspecified atom stereocenters. The zero-order chi connectivity index (χ0) is 10.2. The van der Waals surface area contributed by atoms with Crippen molar-refractivity contribution >= 4 is 16.0 Å². The molecule has 0 aliphatic carbocycles. The van der Waals surface area contributed by atoms with Gasteiger partial charge in [0.2, 0.25) is 0 Å². The third-order valence-electron chi connectivity index (χ3n) is 0.640. The van der Waals surface area contributed by atoms with Gasteiger partial charge in [-0.05, 0) is 12.3 Å². The smallest absolute Gasteiger partial charge is 0.859 e. The molecule has 72 valence electrons. The van der Waals surface area contributed by atoms with Crippen LogP contribution >= 0.6 is 0 Å². The first-order valence-electron chi connectivity index (χ1n) is 3.15. The molecule has 0 saturated heterocycles. The predicted molar refractivity (Wildman–Crippen MR) is 42.8 cm³/mol. The van der Waals surface area contributed by atoms with E-state index in [1.807, 2.05) is 0 Å². The first-order chi connectivity index (χ1) is 5.33. The van der Waals surface area contributed by atoms with Gasteiger partial charge in [0.15, 0.2) is 0 Å². The molecular formula is C6H11NNa2O4S. The molecule has 0 aliphatic heterocycles. The third kappa shape index (κ3) is 38.0. The van der Waals surface area contributed by atoms with E-state index in [1.54, 1.807) is 6.92 Å². The predicted octanol–water partition coefficient (Wildman–Crippen LogP) is -6.54. The van der Waals surface area contributed by atoms with E-state index in [1.165, 1.54) is 0 Å². The summed E-state index contributed by atoms with van der Waals surface area (Å²) in [5, 5.41) is 15.4. The largest absolute Gasteiger partial charge is 1.00 e. The maximum Gasteiger partial charge on any atom is 1.00 e. The second-order valence-corrected chi connectivity index (χ2v) is 3.35. The number of rotatable bonds is 3. The molecule has 0 amide bonds.